The lowest BCUT2D eigenvalue weighted by Gasteiger charge is -2.27. The third-order valence-electron chi connectivity index (χ3n) is 4.13. The first-order chi connectivity index (χ1) is 10.2. The number of benzene rings is 1. The van der Waals surface area contributed by atoms with E-state index in [1.54, 1.807) is 12.1 Å². The SMILES string of the molecule is CCCNC(CC1CCSCC1)c1ccc(OC)c(F)c1. The number of hydrogen-bond donors (Lipinski definition) is 1. The van der Waals surface area contributed by atoms with E-state index in [2.05, 4.69) is 12.2 Å². The third-order valence-corrected chi connectivity index (χ3v) is 5.18. The Bertz CT molecular complexity index is 435. The normalized spacial score (nSPS) is 17.7. The molecule has 1 atom stereocenters. The molecule has 1 saturated heterocycles. The van der Waals surface area contributed by atoms with Gasteiger partial charge in [-0.2, -0.15) is 11.8 Å². The Kier molecular flexibility index (Phi) is 6.84. The van der Waals surface area contributed by atoms with Gasteiger partial charge in [-0.1, -0.05) is 13.0 Å². The molecule has 2 nitrogen and oxygen atoms in total. The van der Waals surface area contributed by atoms with Gasteiger partial charge in [0.2, 0.25) is 0 Å². The fourth-order valence-electron chi connectivity index (χ4n) is 2.87. The van der Waals surface area contributed by atoms with Gasteiger partial charge in [0.25, 0.3) is 0 Å². The van der Waals surface area contributed by atoms with Gasteiger partial charge in [-0.3, -0.25) is 0 Å². The molecule has 21 heavy (non-hydrogen) atoms. The molecule has 0 amide bonds. The predicted octanol–water partition coefficient (Wildman–Crippen LogP) is 4.41. The van der Waals surface area contributed by atoms with Crippen molar-refractivity contribution in [3.8, 4) is 5.75 Å². The number of halogens is 1. The standard InChI is InChI=1S/C17H26FNOS/c1-3-8-19-16(11-13-6-9-21-10-7-13)14-4-5-17(20-2)15(18)12-14/h4-5,12-13,16,19H,3,6-11H2,1-2H3. The minimum atomic E-state index is -0.266. The highest BCUT2D eigenvalue weighted by Gasteiger charge is 2.21. The summed E-state index contributed by atoms with van der Waals surface area (Å²) >= 11 is 2.05. The van der Waals surface area contributed by atoms with E-state index < -0.39 is 0 Å². The molecule has 1 aromatic rings. The lowest BCUT2D eigenvalue weighted by atomic mass is 9.90. The fourth-order valence-corrected chi connectivity index (χ4v) is 4.07. The average Bonchev–Trinajstić information content (AvgIpc) is 2.52. The molecule has 1 fully saturated rings. The molecule has 1 unspecified atom stereocenters. The minimum absolute atomic E-state index is 0.249. The van der Waals surface area contributed by atoms with Gasteiger partial charge in [0, 0.05) is 6.04 Å². The maximum Gasteiger partial charge on any atom is 0.165 e. The van der Waals surface area contributed by atoms with Gasteiger partial charge in [0.05, 0.1) is 7.11 Å². The maximum atomic E-state index is 14.0. The van der Waals surface area contributed by atoms with Crippen molar-refractivity contribution >= 4 is 11.8 Å². The van der Waals surface area contributed by atoms with Gasteiger partial charge in [0.15, 0.2) is 11.6 Å². The van der Waals surface area contributed by atoms with Crippen LogP contribution in [0.1, 0.15) is 44.2 Å². The van der Waals surface area contributed by atoms with Gasteiger partial charge in [-0.25, -0.2) is 4.39 Å². The molecule has 118 valence electrons. The molecule has 0 spiro atoms. The molecule has 1 aliphatic heterocycles. The van der Waals surface area contributed by atoms with E-state index in [0.29, 0.717) is 5.75 Å². The van der Waals surface area contributed by atoms with E-state index in [-0.39, 0.29) is 11.9 Å². The molecule has 4 heteroatoms. The van der Waals surface area contributed by atoms with Gasteiger partial charge in [0.1, 0.15) is 0 Å². The number of methoxy groups -OCH3 is 1. The van der Waals surface area contributed by atoms with E-state index in [0.717, 1.165) is 30.9 Å². The fraction of sp³-hybridized carbons (Fsp3) is 0.647. The van der Waals surface area contributed by atoms with Gasteiger partial charge < -0.3 is 10.1 Å². The van der Waals surface area contributed by atoms with Crippen molar-refractivity contribution in [1.29, 1.82) is 0 Å². The highest BCUT2D eigenvalue weighted by Crippen LogP contribution is 2.32. The van der Waals surface area contributed by atoms with Crippen molar-refractivity contribution in [2.75, 3.05) is 25.2 Å². The molecule has 1 N–H and O–H groups in total. The van der Waals surface area contributed by atoms with Crippen molar-refractivity contribution in [3.63, 3.8) is 0 Å². The van der Waals surface area contributed by atoms with Crippen LogP contribution in [0.5, 0.6) is 5.75 Å². The highest BCUT2D eigenvalue weighted by molar-refractivity contribution is 7.99. The summed E-state index contributed by atoms with van der Waals surface area (Å²) in [4.78, 5) is 0. The molecule has 0 saturated carbocycles. The van der Waals surface area contributed by atoms with Crippen molar-refractivity contribution < 1.29 is 9.13 Å². The van der Waals surface area contributed by atoms with Crippen LogP contribution in [0, 0.1) is 11.7 Å². The smallest absolute Gasteiger partial charge is 0.165 e. The lowest BCUT2D eigenvalue weighted by molar-refractivity contribution is 0.365. The zero-order chi connectivity index (χ0) is 15.1. The van der Waals surface area contributed by atoms with Crippen LogP contribution in [0.15, 0.2) is 18.2 Å². The predicted molar refractivity (Wildman–Crippen MR) is 88.7 cm³/mol. The number of rotatable bonds is 7. The van der Waals surface area contributed by atoms with Crippen LogP contribution < -0.4 is 10.1 Å². The van der Waals surface area contributed by atoms with Crippen LogP contribution in [0.4, 0.5) is 4.39 Å². The Morgan fingerprint density at radius 2 is 2.14 bits per heavy atom. The second-order valence-corrected chi connectivity index (χ2v) is 6.92. The molecule has 1 aromatic carbocycles. The minimum Gasteiger partial charge on any atom is -0.494 e. The quantitative estimate of drug-likeness (QED) is 0.806. The van der Waals surface area contributed by atoms with Crippen molar-refractivity contribution in [2.24, 2.45) is 5.92 Å². The molecular formula is C17H26FNOS. The van der Waals surface area contributed by atoms with Crippen LogP contribution in [-0.4, -0.2) is 25.2 Å². The summed E-state index contributed by atoms with van der Waals surface area (Å²) in [5.41, 5.74) is 1.04. The van der Waals surface area contributed by atoms with Crippen LogP contribution in [0.2, 0.25) is 0 Å². The van der Waals surface area contributed by atoms with Gasteiger partial charge >= 0.3 is 0 Å². The van der Waals surface area contributed by atoms with Crippen molar-refractivity contribution in [3.05, 3.63) is 29.6 Å². The molecule has 0 radical (unpaired) electrons. The van der Waals surface area contributed by atoms with E-state index in [4.69, 9.17) is 4.74 Å². The number of hydrogen-bond acceptors (Lipinski definition) is 3. The van der Waals surface area contributed by atoms with E-state index in [1.807, 2.05) is 17.8 Å². The zero-order valence-electron chi connectivity index (χ0n) is 13.0. The second kappa shape index (κ2) is 8.64. The largest absolute Gasteiger partial charge is 0.494 e. The summed E-state index contributed by atoms with van der Waals surface area (Å²) in [6, 6.07) is 5.61. The number of ether oxygens (including phenoxy) is 1. The van der Waals surface area contributed by atoms with Gasteiger partial charge in [-0.15, -0.1) is 0 Å². The van der Waals surface area contributed by atoms with Crippen molar-refractivity contribution in [1.82, 2.24) is 5.32 Å². The highest BCUT2D eigenvalue weighted by atomic mass is 32.2. The van der Waals surface area contributed by atoms with Crippen LogP contribution in [0.25, 0.3) is 0 Å². The van der Waals surface area contributed by atoms with E-state index in [1.165, 1.54) is 31.5 Å². The summed E-state index contributed by atoms with van der Waals surface area (Å²) in [6.07, 6.45) is 4.77. The number of nitrogens with one attached hydrogen (secondary N) is 1. The Balaban J connectivity index is 2.08. The molecule has 1 aliphatic rings. The Hall–Kier alpha value is -0.740. The summed E-state index contributed by atoms with van der Waals surface area (Å²) in [5, 5.41) is 3.58. The first kappa shape index (κ1) is 16.6. The Morgan fingerprint density at radius 1 is 1.38 bits per heavy atom. The Labute approximate surface area is 131 Å². The Morgan fingerprint density at radius 3 is 2.76 bits per heavy atom. The third kappa shape index (κ3) is 4.89. The number of thioether (sulfide) groups is 1. The average molecular weight is 311 g/mol. The maximum absolute atomic E-state index is 14.0. The van der Waals surface area contributed by atoms with Crippen molar-refractivity contribution in [2.45, 2.75) is 38.6 Å². The molecule has 2 rings (SSSR count). The molecule has 0 bridgehead atoms. The summed E-state index contributed by atoms with van der Waals surface area (Å²) in [5.74, 6) is 3.34. The van der Waals surface area contributed by atoms with Gasteiger partial charge in [-0.05, 0) is 67.3 Å². The summed E-state index contributed by atoms with van der Waals surface area (Å²) in [6.45, 7) is 3.13. The van der Waals surface area contributed by atoms with E-state index >= 15 is 0 Å². The first-order valence-corrected chi connectivity index (χ1v) is 9.04. The second-order valence-electron chi connectivity index (χ2n) is 5.69. The van der Waals surface area contributed by atoms with E-state index in [9.17, 15) is 4.39 Å². The monoisotopic (exact) mass is 311 g/mol. The van der Waals surface area contributed by atoms with Crippen LogP contribution in [0.3, 0.4) is 0 Å². The topological polar surface area (TPSA) is 21.3 Å². The molecule has 1 heterocycles. The van der Waals surface area contributed by atoms with Crippen LogP contribution in [-0.2, 0) is 0 Å². The molecular weight excluding hydrogens is 285 g/mol. The molecule has 0 aromatic heterocycles. The van der Waals surface area contributed by atoms with Crippen LogP contribution >= 0.6 is 11.8 Å². The summed E-state index contributed by atoms with van der Waals surface area (Å²) < 4.78 is 19.0. The lowest BCUT2D eigenvalue weighted by Crippen LogP contribution is -2.26. The zero-order valence-corrected chi connectivity index (χ0v) is 13.8. The first-order valence-electron chi connectivity index (χ1n) is 7.89. The summed E-state index contributed by atoms with van der Waals surface area (Å²) in [7, 11) is 1.50. The molecule has 0 aliphatic carbocycles.